The van der Waals surface area contributed by atoms with Crippen molar-refractivity contribution in [2.24, 2.45) is 5.14 Å². The molecule has 0 heterocycles. The van der Waals surface area contributed by atoms with Crippen LogP contribution in [0.4, 0.5) is 4.39 Å². The zero-order valence-electron chi connectivity index (χ0n) is 7.99. The molecule has 0 aliphatic heterocycles. The maximum atomic E-state index is 13.3. The van der Waals surface area contributed by atoms with Crippen LogP contribution >= 0.6 is 0 Å². The molecule has 0 aliphatic carbocycles. The van der Waals surface area contributed by atoms with E-state index < -0.39 is 21.1 Å². The second-order valence-electron chi connectivity index (χ2n) is 3.26. The quantitative estimate of drug-likeness (QED) is 0.815. The lowest BCUT2D eigenvalue weighted by Gasteiger charge is -2.10. The van der Waals surface area contributed by atoms with Gasteiger partial charge in [-0.3, -0.25) is 0 Å². The summed E-state index contributed by atoms with van der Waals surface area (Å²) in [5.41, 5.74) is 0.853. The standard InChI is InChI=1S/C9H12FNO2S/c1-6-3-4-8(9(10)5-6)7(2)14(11,12)13/h3-5,7H,1-2H3,(H2,11,12,13)/t7-/m1/s1. The van der Waals surface area contributed by atoms with E-state index in [2.05, 4.69) is 0 Å². The lowest BCUT2D eigenvalue weighted by molar-refractivity contribution is 0.574. The first-order valence-corrected chi connectivity index (χ1v) is 5.71. The molecule has 0 spiro atoms. The van der Waals surface area contributed by atoms with Crippen LogP contribution in [0.25, 0.3) is 0 Å². The van der Waals surface area contributed by atoms with Crippen LogP contribution in [-0.2, 0) is 10.0 Å². The second-order valence-corrected chi connectivity index (χ2v) is 5.14. The second kappa shape index (κ2) is 3.67. The monoisotopic (exact) mass is 217 g/mol. The lowest BCUT2D eigenvalue weighted by atomic mass is 10.1. The maximum Gasteiger partial charge on any atom is 0.215 e. The number of primary sulfonamides is 1. The molecule has 5 heteroatoms. The number of hydrogen-bond acceptors (Lipinski definition) is 2. The Morgan fingerprint density at radius 2 is 2.00 bits per heavy atom. The first-order valence-electron chi connectivity index (χ1n) is 4.10. The average molecular weight is 217 g/mol. The van der Waals surface area contributed by atoms with Crippen molar-refractivity contribution in [3.8, 4) is 0 Å². The van der Waals surface area contributed by atoms with Gasteiger partial charge in [0.1, 0.15) is 11.1 Å². The minimum Gasteiger partial charge on any atom is -0.228 e. The number of aryl methyl sites for hydroxylation is 1. The van der Waals surface area contributed by atoms with E-state index in [9.17, 15) is 12.8 Å². The van der Waals surface area contributed by atoms with Crippen molar-refractivity contribution in [2.75, 3.05) is 0 Å². The normalized spacial score (nSPS) is 14.0. The number of benzene rings is 1. The van der Waals surface area contributed by atoms with Crippen LogP contribution in [-0.4, -0.2) is 8.42 Å². The van der Waals surface area contributed by atoms with Gasteiger partial charge in [0, 0.05) is 5.56 Å². The van der Waals surface area contributed by atoms with Gasteiger partial charge in [-0.05, 0) is 25.5 Å². The fourth-order valence-electron chi connectivity index (χ4n) is 1.14. The highest BCUT2D eigenvalue weighted by Gasteiger charge is 2.20. The molecule has 2 N–H and O–H groups in total. The molecular formula is C9H12FNO2S. The number of halogens is 1. The highest BCUT2D eigenvalue weighted by Crippen LogP contribution is 2.22. The predicted molar refractivity (Wildman–Crippen MR) is 52.7 cm³/mol. The van der Waals surface area contributed by atoms with Crippen molar-refractivity contribution in [1.29, 1.82) is 0 Å². The molecule has 0 radical (unpaired) electrons. The largest absolute Gasteiger partial charge is 0.228 e. The summed E-state index contributed by atoms with van der Waals surface area (Å²) in [5.74, 6) is -0.536. The van der Waals surface area contributed by atoms with Gasteiger partial charge < -0.3 is 0 Å². The molecule has 1 atom stereocenters. The molecule has 0 saturated heterocycles. The average Bonchev–Trinajstić information content (AvgIpc) is 2.01. The van der Waals surface area contributed by atoms with Crippen LogP contribution in [0, 0.1) is 12.7 Å². The molecule has 0 fully saturated rings. The van der Waals surface area contributed by atoms with Crippen molar-refractivity contribution in [2.45, 2.75) is 19.1 Å². The Hall–Kier alpha value is -0.940. The lowest BCUT2D eigenvalue weighted by Crippen LogP contribution is -2.20. The van der Waals surface area contributed by atoms with Crippen LogP contribution in [0.15, 0.2) is 18.2 Å². The summed E-state index contributed by atoms with van der Waals surface area (Å²) in [6.07, 6.45) is 0. The Kier molecular flexibility index (Phi) is 2.92. The van der Waals surface area contributed by atoms with E-state index in [1.165, 1.54) is 19.1 Å². The smallest absolute Gasteiger partial charge is 0.215 e. The molecule has 78 valence electrons. The molecule has 14 heavy (non-hydrogen) atoms. The van der Waals surface area contributed by atoms with Gasteiger partial charge in [-0.2, -0.15) is 0 Å². The van der Waals surface area contributed by atoms with Crippen molar-refractivity contribution in [1.82, 2.24) is 0 Å². The summed E-state index contributed by atoms with van der Waals surface area (Å²) in [5, 5.41) is 3.91. The van der Waals surface area contributed by atoms with Crippen molar-refractivity contribution in [3.63, 3.8) is 0 Å². The van der Waals surface area contributed by atoms with Crippen LogP contribution in [0.1, 0.15) is 23.3 Å². The van der Waals surface area contributed by atoms with E-state index in [1.807, 2.05) is 0 Å². The van der Waals surface area contributed by atoms with Gasteiger partial charge >= 0.3 is 0 Å². The van der Waals surface area contributed by atoms with E-state index >= 15 is 0 Å². The van der Waals surface area contributed by atoms with E-state index in [0.29, 0.717) is 0 Å². The molecule has 1 rings (SSSR count). The number of hydrogen-bond donors (Lipinski definition) is 1. The predicted octanol–water partition coefficient (Wildman–Crippen LogP) is 1.48. The third-order valence-corrected chi connectivity index (χ3v) is 3.33. The summed E-state index contributed by atoms with van der Waals surface area (Å²) in [6, 6.07) is 4.39. The van der Waals surface area contributed by atoms with Gasteiger partial charge in [0.05, 0.1) is 0 Å². The molecule has 1 aromatic carbocycles. The Morgan fingerprint density at radius 3 is 2.43 bits per heavy atom. The van der Waals surface area contributed by atoms with Crippen molar-refractivity contribution < 1.29 is 12.8 Å². The summed E-state index contributed by atoms with van der Waals surface area (Å²) in [6.45, 7) is 3.09. The Bertz CT molecular complexity index is 442. The highest BCUT2D eigenvalue weighted by atomic mass is 32.2. The molecule has 0 amide bonds. The van der Waals surface area contributed by atoms with Crippen molar-refractivity contribution >= 4 is 10.0 Å². The Morgan fingerprint density at radius 1 is 1.43 bits per heavy atom. The van der Waals surface area contributed by atoms with Gasteiger partial charge in [0.2, 0.25) is 10.0 Å². The Labute approximate surface area is 82.8 Å². The van der Waals surface area contributed by atoms with Crippen LogP contribution in [0.3, 0.4) is 0 Å². The third kappa shape index (κ3) is 2.30. The maximum absolute atomic E-state index is 13.3. The van der Waals surface area contributed by atoms with E-state index in [4.69, 9.17) is 5.14 Å². The highest BCUT2D eigenvalue weighted by molar-refractivity contribution is 7.89. The zero-order valence-corrected chi connectivity index (χ0v) is 8.81. The third-order valence-electron chi connectivity index (χ3n) is 2.09. The SMILES string of the molecule is Cc1ccc([C@@H](C)S(N)(=O)=O)c(F)c1. The van der Waals surface area contributed by atoms with Crippen LogP contribution < -0.4 is 5.14 Å². The molecule has 0 aliphatic rings. The first kappa shape index (κ1) is 11.1. The Balaban J connectivity index is 3.21. The van der Waals surface area contributed by atoms with Crippen LogP contribution in [0.5, 0.6) is 0 Å². The number of nitrogens with two attached hydrogens (primary N) is 1. The zero-order chi connectivity index (χ0) is 10.9. The van der Waals surface area contributed by atoms with Gasteiger partial charge in [-0.1, -0.05) is 12.1 Å². The summed E-state index contributed by atoms with van der Waals surface area (Å²) in [4.78, 5) is 0. The van der Waals surface area contributed by atoms with Crippen LogP contribution in [0.2, 0.25) is 0 Å². The molecule has 1 aromatic rings. The fourth-order valence-corrected chi connectivity index (χ4v) is 1.68. The molecule has 0 unspecified atom stereocenters. The molecule has 0 saturated carbocycles. The summed E-state index contributed by atoms with van der Waals surface area (Å²) in [7, 11) is -3.73. The first-order chi connectivity index (χ1) is 6.32. The number of rotatable bonds is 2. The fraction of sp³-hybridized carbons (Fsp3) is 0.333. The molecule has 0 aromatic heterocycles. The van der Waals surface area contributed by atoms with Gasteiger partial charge in [-0.25, -0.2) is 17.9 Å². The topological polar surface area (TPSA) is 60.2 Å². The molecular weight excluding hydrogens is 205 g/mol. The minimum absolute atomic E-state index is 0.109. The summed E-state index contributed by atoms with van der Waals surface area (Å²) < 4.78 is 35.3. The minimum atomic E-state index is -3.73. The van der Waals surface area contributed by atoms with Gasteiger partial charge in [0.25, 0.3) is 0 Å². The van der Waals surface area contributed by atoms with E-state index in [-0.39, 0.29) is 5.56 Å². The molecule has 0 bridgehead atoms. The van der Waals surface area contributed by atoms with E-state index in [1.54, 1.807) is 13.0 Å². The molecule has 3 nitrogen and oxygen atoms in total. The van der Waals surface area contributed by atoms with Gasteiger partial charge in [0.15, 0.2) is 0 Å². The van der Waals surface area contributed by atoms with Crippen molar-refractivity contribution in [3.05, 3.63) is 35.1 Å². The number of sulfonamides is 1. The van der Waals surface area contributed by atoms with E-state index in [0.717, 1.165) is 5.56 Å². The van der Waals surface area contributed by atoms with Gasteiger partial charge in [-0.15, -0.1) is 0 Å². The summed E-state index contributed by atoms with van der Waals surface area (Å²) >= 11 is 0.